The van der Waals surface area contributed by atoms with Crippen molar-refractivity contribution in [2.45, 2.75) is 37.6 Å². The molecule has 0 bridgehead atoms. The molecule has 1 N–H and O–H groups in total. The van der Waals surface area contributed by atoms with E-state index in [1.807, 2.05) is 10.8 Å². The number of nitrogens with zero attached hydrogens (tertiary/aromatic N) is 3. The van der Waals surface area contributed by atoms with Gasteiger partial charge in [0.05, 0.1) is 10.4 Å². The zero-order valence-corrected chi connectivity index (χ0v) is 15.8. The first-order valence-corrected chi connectivity index (χ1v) is 9.88. The third-order valence-electron chi connectivity index (χ3n) is 4.21. The Balaban J connectivity index is 1.66. The van der Waals surface area contributed by atoms with E-state index in [-0.39, 0.29) is 4.90 Å². The van der Waals surface area contributed by atoms with E-state index in [1.54, 1.807) is 6.20 Å². The largest absolute Gasteiger partial charge is 0.419 e. The molecule has 0 radical (unpaired) electrons. The van der Waals surface area contributed by atoms with E-state index in [4.69, 9.17) is 4.42 Å². The summed E-state index contributed by atoms with van der Waals surface area (Å²) >= 11 is 0. The summed E-state index contributed by atoms with van der Waals surface area (Å²) in [5.74, 6) is 0.776. The lowest BCUT2D eigenvalue weighted by atomic mass is 10.2. The van der Waals surface area contributed by atoms with Gasteiger partial charge in [-0.1, -0.05) is 13.8 Å². The van der Waals surface area contributed by atoms with Gasteiger partial charge in [-0.3, -0.25) is 4.57 Å². The number of aromatic nitrogens is 3. The maximum Gasteiger partial charge on any atom is 0.419 e. The highest BCUT2D eigenvalue weighted by Gasteiger charge is 2.16. The molecule has 3 aromatic rings. The second-order valence-electron chi connectivity index (χ2n) is 6.44. The van der Waals surface area contributed by atoms with Gasteiger partial charge in [0.1, 0.15) is 5.82 Å². The smallest absolute Gasteiger partial charge is 0.408 e. The molecule has 2 aromatic heterocycles. The number of fused-ring (bicyclic) bond motifs is 1. The number of hydrogen-bond donors (Lipinski definition) is 1. The molecular formula is C17H22N4O4S. The quantitative estimate of drug-likeness (QED) is 0.632. The van der Waals surface area contributed by atoms with Crippen LogP contribution < -0.4 is 10.5 Å². The van der Waals surface area contributed by atoms with Gasteiger partial charge in [-0.25, -0.2) is 22.9 Å². The van der Waals surface area contributed by atoms with Crippen molar-refractivity contribution in [1.82, 2.24) is 18.8 Å². The van der Waals surface area contributed by atoms with E-state index >= 15 is 0 Å². The zero-order chi connectivity index (χ0) is 18.9. The van der Waals surface area contributed by atoms with Crippen molar-refractivity contribution in [3.63, 3.8) is 0 Å². The van der Waals surface area contributed by atoms with Gasteiger partial charge in [0, 0.05) is 38.4 Å². The van der Waals surface area contributed by atoms with Gasteiger partial charge < -0.3 is 8.98 Å². The second kappa shape index (κ2) is 7.08. The van der Waals surface area contributed by atoms with Gasteiger partial charge in [0.25, 0.3) is 0 Å². The Morgan fingerprint density at radius 3 is 2.81 bits per heavy atom. The Bertz CT molecular complexity index is 1080. The minimum atomic E-state index is -3.66. The number of oxazole rings is 1. The summed E-state index contributed by atoms with van der Waals surface area (Å²) in [5.41, 5.74) is 0.802. The number of benzene rings is 1. The minimum Gasteiger partial charge on any atom is -0.408 e. The summed E-state index contributed by atoms with van der Waals surface area (Å²) in [7, 11) is -2.12. The van der Waals surface area contributed by atoms with Crippen LogP contribution in [0.5, 0.6) is 0 Å². The number of hydrogen-bond acceptors (Lipinski definition) is 5. The molecule has 0 saturated heterocycles. The predicted octanol–water partition coefficient (Wildman–Crippen LogP) is 1.82. The molecule has 0 unspecified atom stereocenters. The fraction of sp³-hybridized carbons (Fsp3) is 0.412. The molecule has 26 heavy (non-hydrogen) atoms. The van der Waals surface area contributed by atoms with E-state index in [2.05, 4.69) is 23.6 Å². The molecule has 2 heterocycles. The Kier molecular flexibility index (Phi) is 5.01. The fourth-order valence-electron chi connectivity index (χ4n) is 2.82. The van der Waals surface area contributed by atoms with Gasteiger partial charge >= 0.3 is 5.76 Å². The average Bonchev–Trinajstić information content (AvgIpc) is 3.17. The number of sulfonamides is 1. The first-order valence-electron chi connectivity index (χ1n) is 8.40. The van der Waals surface area contributed by atoms with E-state index in [1.165, 1.54) is 29.8 Å². The molecule has 140 valence electrons. The highest BCUT2D eigenvalue weighted by molar-refractivity contribution is 7.89. The molecule has 0 fully saturated rings. The van der Waals surface area contributed by atoms with Gasteiger partial charge in [-0.2, -0.15) is 0 Å². The normalized spacial score (nSPS) is 12.3. The number of imidazole rings is 1. The van der Waals surface area contributed by atoms with Crippen LogP contribution in [0.3, 0.4) is 0 Å². The molecule has 0 aliphatic carbocycles. The van der Waals surface area contributed by atoms with E-state index in [9.17, 15) is 13.2 Å². The topological polar surface area (TPSA) is 99.1 Å². The van der Waals surface area contributed by atoms with Gasteiger partial charge in [0.15, 0.2) is 5.58 Å². The first-order chi connectivity index (χ1) is 12.3. The van der Waals surface area contributed by atoms with Crippen molar-refractivity contribution in [2.24, 2.45) is 7.05 Å². The minimum absolute atomic E-state index is 0.104. The monoisotopic (exact) mass is 378 g/mol. The zero-order valence-electron chi connectivity index (χ0n) is 15.0. The van der Waals surface area contributed by atoms with Crippen LogP contribution in [0, 0.1) is 0 Å². The van der Waals surface area contributed by atoms with E-state index < -0.39 is 15.8 Å². The van der Waals surface area contributed by atoms with Crippen LogP contribution >= 0.6 is 0 Å². The highest BCUT2D eigenvalue weighted by Crippen LogP contribution is 2.18. The maximum atomic E-state index is 12.5. The predicted molar refractivity (Wildman–Crippen MR) is 97.6 cm³/mol. The fourth-order valence-corrected chi connectivity index (χ4v) is 3.92. The third-order valence-corrected chi connectivity index (χ3v) is 5.66. The summed E-state index contributed by atoms with van der Waals surface area (Å²) in [6.45, 7) is 5.13. The number of aryl methyl sites for hydroxylation is 2. The molecule has 0 atom stereocenters. The molecule has 9 heteroatoms. The van der Waals surface area contributed by atoms with Crippen LogP contribution in [0.15, 0.2) is 44.7 Å². The molecule has 0 amide bonds. The molecule has 3 rings (SSSR count). The molecule has 0 spiro atoms. The van der Waals surface area contributed by atoms with E-state index in [0.717, 1.165) is 5.82 Å². The number of nitrogens with one attached hydrogen (secondary N) is 1. The molecule has 0 aliphatic rings. The summed E-state index contributed by atoms with van der Waals surface area (Å²) in [6.07, 6.45) is 4.29. The molecule has 0 saturated carbocycles. The highest BCUT2D eigenvalue weighted by atomic mass is 32.2. The molecule has 8 nitrogen and oxygen atoms in total. The van der Waals surface area contributed by atoms with Gasteiger partial charge in [0.2, 0.25) is 10.0 Å². The lowest BCUT2D eigenvalue weighted by Crippen LogP contribution is -2.25. The maximum absolute atomic E-state index is 12.5. The van der Waals surface area contributed by atoms with Crippen molar-refractivity contribution in [3.8, 4) is 0 Å². The number of rotatable bonds is 7. The Morgan fingerprint density at radius 1 is 1.31 bits per heavy atom. The van der Waals surface area contributed by atoms with Crippen molar-refractivity contribution in [1.29, 1.82) is 0 Å². The average molecular weight is 378 g/mol. The van der Waals surface area contributed by atoms with Crippen LogP contribution in [-0.4, -0.2) is 29.1 Å². The van der Waals surface area contributed by atoms with Crippen LogP contribution in [0.1, 0.15) is 32.0 Å². The Hall–Kier alpha value is -2.39. The summed E-state index contributed by atoms with van der Waals surface area (Å²) < 4.78 is 35.9. The van der Waals surface area contributed by atoms with Gasteiger partial charge in [-0.15, -0.1) is 0 Å². The third kappa shape index (κ3) is 3.58. The molecule has 1 aromatic carbocycles. The van der Waals surface area contributed by atoms with Crippen molar-refractivity contribution in [2.75, 3.05) is 6.54 Å². The SMILES string of the molecule is CC(C)c1nccn1CCCNS(=O)(=O)c1ccc2oc(=O)n(C)c2c1. The van der Waals surface area contributed by atoms with E-state index in [0.29, 0.717) is 36.5 Å². The van der Waals surface area contributed by atoms with Crippen LogP contribution in [-0.2, 0) is 23.6 Å². The molecular weight excluding hydrogens is 356 g/mol. The standard InChI is InChI=1S/C17H22N4O4S/c1-12(2)16-18-8-10-21(16)9-4-7-19-26(23,24)13-5-6-15-14(11-13)20(3)17(22)25-15/h5-6,8,10-12,19H,4,7,9H2,1-3H3. The van der Waals surface area contributed by atoms with Gasteiger partial charge in [-0.05, 0) is 24.6 Å². The van der Waals surface area contributed by atoms with Crippen LogP contribution in [0.25, 0.3) is 11.1 Å². The lowest BCUT2D eigenvalue weighted by molar-refractivity contribution is 0.528. The molecule has 0 aliphatic heterocycles. The van der Waals surface area contributed by atoms with Crippen molar-refractivity contribution >= 4 is 21.1 Å². The Labute approximate surface area is 151 Å². The van der Waals surface area contributed by atoms with Crippen molar-refractivity contribution < 1.29 is 12.8 Å². The second-order valence-corrected chi connectivity index (χ2v) is 8.21. The lowest BCUT2D eigenvalue weighted by Gasteiger charge is -2.11. The first kappa shape index (κ1) is 18.4. The van der Waals surface area contributed by atoms with Crippen molar-refractivity contribution in [3.05, 3.63) is 47.0 Å². The summed E-state index contributed by atoms with van der Waals surface area (Å²) in [6, 6.07) is 4.36. The van der Waals surface area contributed by atoms with Crippen LogP contribution in [0.4, 0.5) is 0 Å². The Morgan fingerprint density at radius 2 is 2.08 bits per heavy atom. The summed E-state index contributed by atoms with van der Waals surface area (Å²) in [4.78, 5) is 15.9. The summed E-state index contributed by atoms with van der Waals surface area (Å²) in [5, 5.41) is 0. The van der Waals surface area contributed by atoms with Crippen LogP contribution in [0.2, 0.25) is 0 Å².